The second-order valence-electron chi connectivity index (χ2n) is 7.42. The lowest BCUT2D eigenvalue weighted by molar-refractivity contribution is -0.124. The number of rotatable bonds is 12. The summed E-state index contributed by atoms with van der Waals surface area (Å²) in [5.41, 5.74) is 3.39. The zero-order valence-corrected chi connectivity index (χ0v) is 17.9. The molecule has 0 saturated carbocycles. The van der Waals surface area contributed by atoms with Gasteiger partial charge < -0.3 is 19.4 Å². The Morgan fingerprint density at radius 1 is 1.07 bits per heavy atom. The molecule has 3 rings (SSSR count). The number of benzene rings is 2. The van der Waals surface area contributed by atoms with E-state index in [0.717, 1.165) is 54.8 Å². The first-order chi connectivity index (χ1) is 14.7. The molecule has 0 aliphatic carbocycles. The van der Waals surface area contributed by atoms with Crippen molar-refractivity contribution >= 4 is 16.9 Å². The Bertz CT molecular complexity index is 935. The van der Waals surface area contributed by atoms with Crippen LogP contribution in [0.25, 0.3) is 11.0 Å². The average molecular weight is 410 g/mol. The van der Waals surface area contributed by atoms with Crippen LogP contribution in [0.4, 0.5) is 0 Å². The molecule has 0 unspecified atom stereocenters. The number of nitrogens with one attached hydrogen (secondary N) is 1. The Balaban J connectivity index is 1.52. The fourth-order valence-electron chi connectivity index (χ4n) is 3.45. The monoisotopic (exact) mass is 409 g/mol. The minimum absolute atomic E-state index is 0.0622. The number of amides is 1. The first kappa shape index (κ1) is 21.8. The van der Waals surface area contributed by atoms with E-state index in [0.29, 0.717) is 13.2 Å². The van der Waals surface area contributed by atoms with Gasteiger partial charge in [-0.1, -0.05) is 36.2 Å². The highest BCUT2D eigenvalue weighted by atomic mass is 16.5. The van der Waals surface area contributed by atoms with Gasteiger partial charge in [0.15, 0.2) is 0 Å². The lowest BCUT2D eigenvalue weighted by Gasteiger charge is -2.11. The molecule has 0 saturated heterocycles. The Morgan fingerprint density at radius 3 is 2.67 bits per heavy atom. The maximum atomic E-state index is 11.4. The predicted octanol–water partition coefficient (Wildman–Crippen LogP) is 3.90. The number of imidazole rings is 1. The van der Waals surface area contributed by atoms with E-state index in [1.165, 1.54) is 12.7 Å². The summed E-state index contributed by atoms with van der Waals surface area (Å²) in [5.74, 6) is 1.92. The van der Waals surface area contributed by atoms with Crippen LogP contribution in [0.2, 0.25) is 0 Å². The van der Waals surface area contributed by atoms with E-state index in [9.17, 15) is 4.79 Å². The molecule has 1 heterocycles. The Morgan fingerprint density at radius 2 is 1.87 bits per heavy atom. The SMILES string of the molecule is COCC(=O)NCCCCCc1nc2ccccc2n1CCOc1ccc(C)cc1. The molecule has 1 aromatic heterocycles. The van der Waals surface area contributed by atoms with Crippen LogP contribution < -0.4 is 10.1 Å². The lowest BCUT2D eigenvalue weighted by atomic mass is 10.2. The highest BCUT2D eigenvalue weighted by Crippen LogP contribution is 2.18. The van der Waals surface area contributed by atoms with Crippen LogP contribution in [0.5, 0.6) is 5.75 Å². The predicted molar refractivity (Wildman–Crippen MR) is 119 cm³/mol. The van der Waals surface area contributed by atoms with Crippen LogP contribution in [-0.4, -0.2) is 42.3 Å². The molecule has 1 amide bonds. The maximum Gasteiger partial charge on any atom is 0.245 e. The number of unbranched alkanes of at least 4 members (excludes halogenated alkanes) is 2. The zero-order valence-electron chi connectivity index (χ0n) is 17.9. The molecule has 0 aliphatic rings. The summed E-state index contributed by atoms with van der Waals surface area (Å²) in [7, 11) is 1.53. The topological polar surface area (TPSA) is 65.4 Å². The van der Waals surface area contributed by atoms with Gasteiger partial charge in [-0.05, 0) is 44.0 Å². The maximum absolute atomic E-state index is 11.4. The molecular formula is C24H31N3O3. The number of hydrogen-bond acceptors (Lipinski definition) is 4. The largest absolute Gasteiger partial charge is 0.492 e. The summed E-state index contributed by atoms with van der Waals surface area (Å²) < 4.78 is 13.0. The van der Waals surface area contributed by atoms with Gasteiger partial charge in [-0.15, -0.1) is 0 Å². The molecule has 0 spiro atoms. The van der Waals surface area contributed by atoms with E-state index in [1.807, 2.05) is 24.3 Å². The van der Waals surface area contributed by atoms with Gasteiger partial charge >= 0.3 is 0 Å². The highest BCUT2D eigenvalue weighted by molar-refractivity contribution is 5.77. The molecule has 0 fully saturated rings. The van der Waals surface area contributed by atoms with Crippen molar-refractivity contribution in [3.8, 4) is 5.75 Å². The molecule has 0 bridgehead atoms. The molecule has 1 N–H and O–H groups in total. The number of aryl methyl sites for hydroxylation is 2. The van der Waals surface area contributed by atoms with Crippen molar-refractivity contribution in [3.05, 3.63) is 59.9 Å². The Kier molecular flexibility index (Phi) is 8.27. The van der Waals surface area contributed by atoms with Crippen LogP contribution in [0.3, 0.4) is 0 Å². The van der Waals surface area contributed by atoms with E-state index < -0.39 is 0 Å². The number of para-hydroxylation sites is 2. The molecular weight excluding hydrogens is 378 g/mol. The van der Waals surface area contributed by atoms with E-state index >= 15 is 0 Å². The summed E-state index contributed by atoms with van der Waals surface area (Å²) in [5, 5.41) is 2.86. The van der Waals surface area contributed by atoms with E-state index in [4.69, 9.17) is 14.5 Å². The number of ether oxygens (including phenoxy) is 2. The Labute approximate surface area is 178 Å². The standard InChI is InChI=1S/C24H31N3O3/c1-19-11-13-20(14-12-19)30-17-16-27-22-9-6-5-8-21(22)26-23(27)10-4-3-7-15-25-24(28)18-29-2/h5-6,8-9,11-14H,3-4,7,10,15-18H2,1-2H3,(H,25,28). The first-order valence-electron chi connectivity index (χ1n) is 10.6. The smallest absolute Gasteiger partial charge is 0.245 e. The van der Waals surface area contributed by atoms with Gasteiger partial charge in [0.2, 0.25) is 5.91 Å². The quantitative estimate of drug-likeness (QED) is 0.461. The number of carbonyl (C=O) groups is 1. The number of carbonyl (C=O) groups excluding carboxylic acids is 1. The number of methoxy groups -OCH3 is 1. The summed E-state index contributed by atoms with van der Waals surface area (Å²) in [6.07, 6.45) is 3.93. The molecule has 2 aromatic carbocycles. The van der Waals surface area contributed by atoms with Gasteiger partial charge in [0, 0.05) is 20.1 Å². The van der Waals surface area contributed by atoms with Gasteiger partial charge in [0.25, 0.3) is 0 Å². The van der Waals surface area contributed by atoms with Crippen molar-refractivity contribution in [1.29, 1.82) is 0 Å². The number of hydrogen-bond donors (Lipinski definition) is 1. The van der Waals surface area contributed by atoms with Gasteiger partial charge in [-0.3, -0.25) is 4.79 Å². The first-order valence-corrected chi connectivity index (χ1v) is 10.6. The van der Waals surface area contributed by atoms with Crippen LogP contribution >= 0.6 is 0 Å². The third-order valence-corrected chi connectivity index (χ3v) is 5.01. The van der Waals surface area contributed by atoms with Gasteiger partial charge in [0.1, 0.15) is 24.8 Å². The zero-order chi connectivity index (χ0) is 21.2. The second-order valence-corrected chi connectivity index (χ2v) is 7.42. The lowest BCUT2D eigenvalue weighted by Crippen LogP contribution is -2.27. The molecule has 0 radical (unpaired) electrons. The number of fused-ring (bicyclic) bond motifs is 1. The second kappa shape index (κ2) is 11.4. The van der Waals surface area contributed by atoms with Crippen LogP contribution in [0.15, 0.2) is 48.5 Å². The summed E-state index contributed by atoms with van der Waals surface area (Å²) >= 11 is 0. The van der Waals surface area contributed by atoms with E-state index in [1.54, 1.807) is 0 Å². The third-order valence-electron chi connectivity index (χ3n) is 5.01. The Hall–Kier alpha value is -2.86. The molecule has 30 heavy (non-hydrogen) atoms. The molecule has 160 valence electrons. The fraction of sp³-hybridized carbons (Fsp3) is 0.417. The number of aromatic nitrogens is 2. The van der Waals surface area contributed by atoms with Gasteiger partial charge in [-0.2, -0.15) is 0 Å². The van der Waals surface area contributed by atoms with E-state index in [2.05, 4.69) is 41.1 Å². The molecule has 3 aromatic rings. The van der Waals surface area contributed by atoms with E-state index in [-0.39, 0.29) is 12.5 Å². The molecule has 0 aliphatic heterocycles. The average Bonchev–Trinajstić information content (AvgIpc) is 3.10. The van der Waals surface area contributed by atoms with Crippen molar-refractivity contribution in [1.82, 2.24) is 14.9 Å². The minimum Gasteiger partial charge on any atom is -0.492 e. The van der Waals surface area contributed by atoms with Crippen LogP contribution in [0, 0.1) is 6.92 Å². The molecule has 0 atom stereocenters. The molecule has 6 nitrogen and oxygen atoms in total. The number of nitrogens with zero attached hydrogens (tertiary/aromatic N) is 2. The van der Waals surface area contributed by atoms with Crippen molar-refractivity contribution in [2.75, 3.05) is 26.9 Å². The summed E-state index contributed by atoms with van der Waals surface area (Å²) in [6.45, 7) is 4.23. The fourth-order valence-corrected chi connectivity index (χ4v) is 3.45. The van der Waals surface area contributed by atoms with Crippen LogP contribution in [0.1, 0.15) is 30.7 Å². The van der Waals surface area contributed by atoms with Crippen molar-refractivity contribution in [2.45, 2.75) is 39.2 Å². The minimum atomic E-state index is -0.0622. The van der Waals surface area contributed by atoms with Gasteiger partial charge in [0.05, 0.1) is 17.6 Å². The normalized spacial score (nSPS) is 11.0. The third kappa shape index (κ3) is 6.32. The molecule has 6 heteroatoms. The van der Waals surface area contributed by atoms with Crippen molar-refractivity contribution < 1.29 is 14.3 Å². The summed E-state index contributed by atoms with van der Waals surface area (Å²) in [6, 6.07) is 16.4. The van der Waals surface area contributed by atoms with Crippen LogP contribution in [-0.2, 0) is 22.5 Å². The van der Waals surface area contributed by atoms with Gasteiger partial charge in [-0.25, -0.2) is 4.98 Å². The van der Waals surface area contributed by atoms with Crippen molar-refractivity contribution in [2.24, 2.45) is 0 Å². The van der Waals surface area contributed by atoms with Crippen molar-refractivity contribution in [3.63, 3.8) is 0 Å². The summed E-state index contributed by atoms with van der Waals surface area (Å²) in [4.78, 5) is 16.2. The highest BCUT2D eigenvalue weighted by Gasteiger charge is 2.10.